The Bertz CT molecular complexity index is 451. The van der Waals surface area contributed by atoms with Gasteiger partial charge in [-0.2, -0.15) is 5.10 Å². The summed E-state index contributed by atoms with van der Waals surface area (Å²) in [4.78, 5) is 0. The average Bonchev–Trinajstić information content (AvgIpc) is 2.65. The molecule has 0 saturated carbocycles. The van der Waals surface area contributed by atoms with Crippen LogP contribution in [0.2, 0.25) is 0 Å². The zero-order valence-electron chi connectivity index (χ0n) is 7.54. The first kappa shape index (κ1) is 8.74. The molecule has 3 nitrogen and oxygen atoms in total. The standard InChI is InChI=1S/C10H8FN2O/c1-6-2-3-8(14)10(11)9(6)7-4-5-12-13-7/h2-5H,1H3,(H,12,13). The number of aromatic nitrogens is 2. The predicted octanol–water partition coefficient (Wildman–Crippen LogP) is 2.67. The second kappa shape index (κ2) is 3.14. The van der Waals surface area contributed by atoms with Crippen LogP contribution in [0.3, 0.4) is 0 Å². The van der Waals surface area contributed by atoms with E-state index in [1.165, 1.54) is 12.3 Å². The number of nitrogens with zero attached hydrogens (tertiary/aromatic N) is 1. The summed E-state index contributed by atoms with van der Waals surface area (Å²) in [5.74, 6) is -1.32. The smallest absolute Gasteiger partial charge is 0.214 e. The Balaban J connectivity index is 2.69. The zero-order valence-corrected chi connectivity index (χ0v) is 7.54. The molecule has 2 aromatic rings. The van der Waals surface area contributed by atoms with Crippen LogP contribution >= 0.6 is 0 Å². The lowest BCUT2D eigenvalue weighted by molar-refractivity contribution is 0.330. The fraction of sp³-hybridized carbons (Fsp3) is 0.100. The van der Waals surface area contributed by atoms with Gasteiger partial charge < -0.3 is 0 Å². The van der Waals surface area contributed by atoms with Crippen LogP contribution in [-0.4, -0.2) is 10.2 Å². The molecule has 0 bridgehead atoms. The van der Waals surface area contributed by atoms with E-state index in [2.05, 4.69) is 10.2 Å². The van der Waals surface area contributed by atoms with Gasteiger partial charge in [-0.25, -0.2) is 4.39 Å². The van der Waals surface area contributed by atoms with E-state index in [4.69, 9.17) is 0 Å². The number of hydrogen-bond acceptors (Lipinski definition) is 1. The minimum atomic E-state index is -0.728. The summed E-state index contributed by atoms with van der Waals surface area (Å²) in [6, 6.07) is 4.46. The van der Waals surface area contributed by atoms with Crippen molar-refractivity contribution < 1.29 is 9.50 Å². The molecule has 71 valence electrons. The number of hydrogen-bond donors (Lipinski definition) is 1. The van der Waals surface area contributed by atoms with Crippen LogP contribution in [0.5, 0.6) is 5.75 Å². The van der Waals surface area contributed by atoms with Gasteiger partial charge in [-0.3, -0.25) is 10.2 Å². The molecule has 14 heavy (non-hydrogen) atoms. The maximum Gasteiger partial charge on any atom is 0.214 e. The molecule has 0 saturated heterocycles. The Morgan fingerprint density at radius 1 is 1.36 bits per heavy atom. The van der Waals surface area contributed by atoms with Gasteiger partial charge >= 0.3 is 0 Å². The SMILES string of the molecule is Cc1ccc([O])c(F)c1-c1ccn[nH]1. The van der Waals surface area contributed by atoms with Crippen LogP contribution < -0.4 is 0 Å². The second-order valence-electron chi connectivity index (χ2n) is 3.04. The topological polar surface area (TPSA) is 48.6 Å². The summed E-state index contributed by atoms with van der Waals surface area (Å²) in [6.45, 7) is 1.75. The normalized spacial score (nSPS) is 10.4. The van der Waals surface area contributed by atoms with E-state index in [-0.39, 0.29) is 0 Å². The van der Waals surface area contributed by atoms with E-state index in [1.54, 1.807) is 19.1 Å². The molecule has 1 radical (unpaired) electrons. The molecule has 1 aromatic heterocycles. The molecule has 0 aliphatic rings. The fourth-order valence-corrected chi connectivity index (χ4v) is 1.38. The average molecular weight is 191 g/mol. The van der Waals surface area contributed by atoms with Crippen molar-refractivity contribution in [2.45, 2.75) is 6.92 Å². The monoisotopic (exact) mass is 191 g/mol. The van der Waals surface area contributed by atoms with Crippen molar-refractivity contribution in [3.8, 4) is 17.0 Å². The molecule has 0 unspecified atom stereocenters. The molecule has 0 spiro atoms. The van der Waals surface area contributed by atoms with Gasteiger partial charge in [0, 0.05) is 11.8 Å². The van der Waals surface area contributed by atoms with Crippen molar-refractivity contribution in [2.75, 3.05) is 0 Å². The predicted molar refractivity (Wildman–Crippen MR) is 48.9 cm³/mol. The molecule has 1 aromatic carbocycles. The largest absolute Gasteiger partial charge is 0.287 e. The highest BCUT2D eigenvalue weighted by molar-refractivity contribution is 5.65. The number of nitrogens with one attached hydrogen (secondary N) is 1. The molecule has 1 heterocycles. The number of rotatable bonds is 1. The van der Waals surface area contributed by atoms with E-state index in [0.717, 1.165) is 0 Å². The van der Waals surface area contributed by atoms with Gasteiger partial charge in [0.05, 0.1) is 5.69 Å². The molecule has 4 heteroatoms. The number of halogens is 1. The van der Waals surface area contributed by atoms with E-state index in [1.807, 2.05) is 0 Å². The fourth-order valence-electron chi connectivity index (χ4n) is 1.38. The van der Waals surface area contributed by atoms with Crippen molar-refractivity contribution >= 4 is 0 Å². The van der Waals surface area contributed by atoms with Crippen molar-refractivity contribution in [3.05, 3.63) is 35.8 Å². The van der Waals surface area contributed by atoms with Gasteiger partial charge in [0.15, 0.2) is 5.82 Å². The van der Waals surface area contributed by atoms with Crippen molar-refractivity contribution in [1.82, 2.24) is 10.2 Å². The Morgan fingerprint density at radius 2 is 2.14 bits per heavy atom. The van der Waals surface area contributed by atoms with Crippen LogP contribution in [0.25, 0.3) is 11.3 Å². The van der Waals surface area contributed by atoms with Crippen LogP contribution in [0.15, 0.2) is 24.4 Å². The summed E-state index contributed by atoms with van der Waals surface area (Å²) in [7, 11) is 0. The van der Waals surface area contributed by atoms with Gasteiger partial charge in [0.2, 0.25) is 5.75 Å². The van der Waals surface area contributed by atoms with Gasteiger partial charge in [-0.15, -0.1) is 0 Å². The quantitative estimate of drug-likeness (QED) is 0.740. The summed E-state index contributed by atoms with van der Waals surface area (Å²) in [5, 5.41) is 17.4. The Labute approximate surface area is 80.2 Å². The third-order valence-corrected chi connectivity index (χ3v) is 2.08. The minimum Gasteiger partial charge on any atom is -0.287 e. The summed E-state index contributed by atoms with van der Waals surface area (Å²) < 4.78 is 13.5. The molecule has 0 aliphatic heterocycles. The molecule has 0 fully saturated rings. The molecular weight excluding hydrogens is 183 g/mol. The molecule has 2 rings (SSSR count). The van der Waals surface area contributed by atoms with Gasteiger partial charge in [0.1, 0.15) is 0 Å². The molecular formula is C10H8FN2O. The first-order valence-corrected chi connectivity index (χ1v) is 4.16. The molecule has 1 N–H and O–H groups in total. The Hall–Kier alpha value is -1.84. The molecule has 0 amide bonds. The molecule has 0 atom stereocenters. The lowest BCUT2D eigenvalue weighted by Crippen LogP contribution is -1.89. The van der Waals surface area contributed by atoms with Gasteiger partial charge in [0.25, 0.3) is 0 Å². The zero-order chi connectivity index (χ0) is 10.1. The van der Waals surface area contributed by atoms with E-state index in [9.17, 15) is 9.50 Å². The summed E-state index contributed by atoms with van der Waals surface area (Å²) in [6.07, 6.45) is 1.52. The molecule has 0 aliphatic carbocycles. The number of aromatic amines is 1. The van der Waals surface area contributed by atoms with Gasteiger partial charge in [-0.05, 0) is 24.6 Å². The number of H-pyrrole nitrogens is 1. The lowest BCUT2D eigenvalue weighted by atomic mass is 10.0. The van der Waals surface area contributed by atoms with Gasteiger partial charge in [-0.1, -0.05) is 6.07 Å². The van der Waals surface area contributed by atoms with Crippen molar-refractivity contribution in [2.24, 2.45) is 0 Å². The van der Waals surface area contributed by atoms with Crippen molar-refractivity contribution in [1.29, 1.82) is 0 Å². The third-order valence-electron chi connectivity index (χ3n) is 2.08. The minimum absolute atomic E-state index is 0.301. The van der Waals surface area contributed by atoms with Crippen LogP contribution in [0.4, 0.5) is 4.39 Å². The van der Waals surface area contributed by atoms with Crippen LogP contribution in [0.1, 0.15) is 5.56 Å². The maximum atomic E-state index is 13.5. The van der Waals surface area contributed by atoms with E-state index < -0.39 is 11.6 Å². The van der Waals surface area contributed by atoms with Crippen LogP contribution in [0, 0.1) is 12.7 Å². The van der Waals surface area contributed by atoms with Crippen LogP contribution in [-0.2, 0) is 5.11 Å². The highest BCUT2D eigenvalue weighted by atomic mass is 19.1. The van der Waals surface area contributed by atoms with E-state index >= 15 is 0 Å². The maximum absolute atomic E-state index is 13.5. The van der Waals surface area contributed by atoms with Crippen molar-refractivity contribution in [3.63, 3.8) is 0 Å². The van der Waals surface area contributed by atoms with E-state index in [0.29, 0.717) is 16.8 Å². The highest BCUT2D eigenvalue weighted by Gasteiger charge is 2.14. The summed E-state index contributed by atoms with van der Waals surface area (Å²) >= 11 is 0. The Kier molecular flexibility index (Phi) is 1.96. The summed E-state index contributed by atoms with van der Waals surface area (Å²) in [5.41, 5.74) is 1.54. The Morgan fingerprint density at radius 3 is 2.79 bits per heavy atom. The first-order chi connectivity index (χ1) is 6.70. The highest BCUT2D eigenvalue weighted by Crippen LogP contribution is 2.30. The first-order valence-electron chi connectivity index (χ1n) is 4.16. The lowest BCUT2D eigenvalue weighted by Gasteiger charge is -2.04. The second-order valence-corrected chi connectivity index (χ2v) is 3.04. The number of aryl methyl sites for hydroxylation is 1. The number of benzene rings is 1. The third kappa shape index (κ3) is 1.25.